The second kappa shape index (κ2) is 6.42. The zero-order chi connectivity index (χ0) is 14.6. The number of hydrogen-bond donors (Lipinski definition) is 1. The van der Waals surface area contributed by atoms with Crippen molar-refractivity contribution in [3.05, 3.63) is 12.2 Å². The highest BCUT2D eigenvalue weighted by Crippen LogP contribution is 2.35. The zero-order valence-corrected chi connectivity index (χ0v) is 9.95. The molecule has 0 rings (SSSR count). The maximum atomic E-state index is 12.1. The second-order valence-electron chi connectivity index (χ2n) is 4.06. The number of nitrogens with one attached hydrogen (secondary N) is 1. The Labute approximate surface area is 101 Å². The SMILES string of the molecule is C=C(CNC(C)C)COC(C(F)(F)F)C(F)(F)F. The molecule has 0 bridgehead atoms. The molecule has 0 radical (unpaired) electrons. The van der Waals surface area contributed by atoms with Crippen LogP contribution in [0.25, 0.3) is 0 Å². The Balaban J connectivity index is 4.34. The molecule has 0 spiro atoms. The third kappa shape index (κ3) is 6.85. The molecule has 0 aliphatic carbocycles. The molecule has 1 N–H and O–H groups in total. The van der Waals surface area contributed by atoms with Crippen LogP contribution in [0.2, 0.25) is 0 Å². The van der Waals surface area contributed by atoms with Crippen LogP contribution in [0.4, 0.5) is 26.3 Å². The van der Waals surface area contributed by atoms with E-state index in [0.717, 1.165) is 0 Å². The molecular formula is C10H15F6NO. The van der Waals surface area contributed by atoms with E-state index in [-0.39, 0.29) is 18.2 Å². The molecule has 0 saturated heterocycles. The van der Waals surface area contributed by atoms with Crippen molar-refractivity contribution in [1.29, 1.82) is 0 Å². The van der Waals surface area contributed by atoms with Crippen LogP contribution in [-0.4, -0.2) is 37.7 Å². The van der Waals surface area contributed by atoms with Gasteiger partial charge in [0.1, 0.15) is 0 Å². The Morgan fingerprint density at radius 1 is 1.11 bits per heavy atom. The van der Waals surface area contributed by atoms with Gasteiger partial charge < -0.3 is 10.1 Å². The van der Waals surface area contributed by atoms with Gasteiger partial charge in [-0.2, -0.15) is 26.3 Å². The minimum absolute atomic E-state index is 0.0442. The monoisotopic (exact) mass is 279 g/mol. The van der Waals surface area contributed by atoms with E-state index in [2.05, 4.69) is 16.6 Å². The van der Waals surface area contributed by atoms with E-state index in [1.54, 1.807) is 13.8 Å². The summed E-state index contributed by atoms with van der Waals surface area (Å²) in [7, 11) is 0. The predicted octanol–water partition coefficient (Wildman–Crippen LogP) is 3.05. The number of halogens is 6. The molecule has 0 aliphatic rings. The Morgan fingerprint density at radius 2 is 1.56 bits per heavy atom. The van der Waals surface area contributed by atoms with Crippen LogP contribution in [0.3, 0.4) is 0 Å². The highest BCUT2D eigenvalue weighted by molar-refractivity contribution is 4.98. The first-order chi connectivity index (χ1) is 7.94. The number of hydrogen-bond acceptors (Lipinski definition) is 2. The van der Waals surface area contributed by atoms with Gasteiger partial charge in [0, 0.05) is 12.6 Å². The first-order valence-electron chi connectivity index (χ1n) is 5.09. The topological polar surface area (TPSA) is 21.3 Å². The van der Waals surface area contributed by atoms with Gasteiger partial charge in [-0.05, 0) is 5.57 Å². The highest BCUT2D eigenvalue weighted by atomic mass is 19.4. The molecule has 0 aliphatic heterocycles. The average molecular weight is 279 g/mol. The molecule has 8 heteroatoms. The summed E-state index contributed by atoms with van der Waals surface area (Å²) in [4.78, 5) is 0. The molecule has 0 aromatic carbocycles. The third-order valence-corrected chi connectivity index (χ3v) is 1.81. The summed E-state index contributed by atoms with van der Waals surface area (Å²) >= 11 is 0. The summed E-state index contributed by atoms with van der Waals surface area (Å²) < 4.78 is 76.4. The highest BCUT2D eigenvalue weighted by Gasteiger charge is 2.57. The lowest BCUT2D eigenvalue weighted by Crippen LogP contribution is -2.44. The van der Waals surface area contributed by atoms with Gasteiger partial charge in [0.05, 0.1) is 6.61 Å². The molecule has 0 saturated carbocycles. The van der Waals surface area contributed by atoms with E-state index in [1.165, 1.54) is 0 Å². The smallest absolute Gasteiger partial charge is 0.356 e. The van der Waals surface area contributed by atoms with Gasteiger partial charge in [0.25, 0.3) is 0 Å². The fourth-order valence-corrected chi connectivity index (χ4v) is 0.975. The molecule has 0 aromatic rings. The molecule has 18 heavy (non-hydrogen) atoms. The molecule has 0 atom stereocenters. The van der Waals surface area contributed by atoms with Crippen molar-refractivity contribution in [1.82, 2.24) is 5.32 Å². The maximum absolute atomic E-state index is 12.1. The van der Waals surface area contributed by atoms with Crippen molar-refractivity contribution in [3.63, 3.8) is 0 Å². The minimum atomic E-state index is -5.48. The summed E-state index contributed by atoms with van der Waals surface area (Å²) in [6.07, 6.45) is -14.7. The Kier molecular flexibility index (Phi) is 6.15. The van der Waals surface area contributed by atoms with E-state index in [0.29, 0.717) is 0 Å². The van der Waals surface area contributed by atoms with E-state index >= 15 is 0 Å². The first kappa shape index (κ1) is 17.2. The summed E-state index contributed by atoms with van der Waals surface area (Å²) in [5.74, 6) is 0. The van der Waals surface area contributed by atoms with Crippen molar-refractivity contribution in [2.24, 2.45) is 0 Å². The van der Waals surface area contributed by atoms with Crippen LogP contribution in [0, 0.1) is 0 Å². The molecule has 0 amide bonds. The molecule has 0 unspecified atom stereocenters. The summed E-state index contributed by atoms with van der Waals surface area (Å²) in [6, 6.07) is 0.0442. The Bertz CT molecular complexity index is 257. The van der Waals surface area contributed by atoms with Crippen molar-refractivity contribution in [2.45, 2.75) is 38.3 Å². The van der Waals surface area contributed by atoms with Gasteiger partial charge in [-0.15, -0.1) is 0 Å². The van der Waals surface area contributed by atoms with Gasteiger partial charge in [0.2, 0.25) is 6.10 Å². The number of alkyl halides is 6. The lowest BCUT2D eigenvalue weighted by Gasteiger charge is -2.23. The van der Waals surface area contributed by atoms with Gasteiger partial charge in [0.15, 0.2) is 0 Å². The van der Waals surface area contributed by atoms with Crippen molar-refractivity contribution in [3.8, 4) is 0 Å². The van der Waals surface area contributed by atoms with Crippen LogP contribution in [0.1, 0.15) is 13.8 Å². The number of ether oxygens (including phenoxy) is 1. The van der Waals surface area contributed by atoms with E-state index in [4.69, 9.17) is 0 Å². The van der Waals surface area contributed by atoms with Crippen molar-refractivity contribution >= 4 is 0 Å². The predicted molar refractivity (Wildman–Crippen MR) is 54.1 cm³/mol. The Hall–Kier alpha value is -0.760. The molecule has 0 heterocycles. The fraction of sp³-hybridized carbons (Fsp3) is 0.800. The maximum Gasteiger partial charge on any atom is 0.423 e. The molecule has 0 fully saturated rings. The lowest BCUT2D eigenvalue weighted by atomic mass is 10.3. The largest absolute Gasteiger partial charge is 0.423 e. The van der Waals surface area contributed by atoms with Gasteiger partial charge in [-0.1, -0.05) is 20.4 Å². The third-order valence-electron chi connectivity index (χ3n) is 1.81. The molecule has 108 valence electrons. The lowest BCUT2D eigenvalue weighted by molar-refractivity contribution is -0.319. The second-order valence-corrected chi connectivity index (χ2v) is 4.06. The van der Waals surface area contributed by atoms with Crippen molar-refractivity contribution < 1.29 is 31.1 Å². The molecular weight excluding hydrogens is 264 g/mol. The Morgan fingerprint density at radius 3 is 1.89 bits per heavy atom. The average Bonchev–Trinajstić information content (AvgIpc) is 2.10. The van der Waals surface area contributed by atoms with E-state index < -0.39 is 25.1 Å². The van der Waals surface area contributed by atoms with Crippen molar-refractivity contribution in [2.75, 3.05) is 13.2 Å². The normalized spacial score (nSPS) is 13.4. The standard InChI is InChI=1S/C10H15F6NO/c1-6(2)17-4-7(3)5-18-8(9(11,12)13)10(14,15)16/h6,8,17H,3-5H2,1-2H3. The first-order valence-corrected chi connectivity index (χ1v) is 5.09. The van der Waals surface area contributed by atoms with Crippen LogP contribution < -0.4 is 5.32 Å². The summed E-state index contributed by atoms with van der Waals surface area (Å²) in [6.45, 7) is 6.20. The molecule has 0 aromatic heterocycles. The van der Waals surface area contributed by atoms with Gasteiger partial charge >= 0.3 is 12.4 Å². The number of rotatable bonds is 6. The van der Waals surface area contributed by atoms with E-state index in [1.807, 2.05) is 0 Å². The van der Waals surface area contributed by atoms with Gasteiger partial charge in [-0.3, -0.25) is 0 Å². The fourth-order valence-electron chi connectivity index (χ4n) is 0.975. The zero-order valence-electron chi connectivity index (χ0n) is 9.95. The van der Waals surface area contributed by atoms with Gasteiger partial charge in [-0.25, -0.2) is 0 Å². The quantitative estimate of drug-likeness (QED) is 0.596. The minimum Gasteiger partial charge on any atom is -0.356 e. The summed E-state index contributed by atoms with van der Waals surface area (Å²) in [5.41, 5.74) is 0.113. The molecule has 2 nitrogen and oxygen atoms in total. The van der Waals surface area contributed by atoms with Crippen LogP contribution >= 0.6 is 0 Å². The van der Waals surface area contributed by atoms with Crippen LogP contribution in [0.15, 0.2) is 12.2 Å². The summed E-state index contributed by atoms with van der Waals surface area (Å²) in [5, 5.41) is 2.80. The van der Waals surface area contributed by atoms with Crippen LogP contribution in [0.5, 0.6) is 0 Å². The van der Waals surface area contributed by atoms with E-state index in [9.17, 15) is 26.3 Å². The van der Waals surface area contributed by atoms with Crippen LogP contribution in [-0.2, 0) is 4.74 Å².